The molecule has 0 spiro atoms. The number of aromatic nitrogens is 4. The van der Waals surface area contributed by atoms with Gasteiger partial charge in [-0.1, -0.05) is 0 Å². The van der Waals surface area contributed by atoms with Crippen molar-refractivity contribution in [2.75, 3.05) is 18.0 Å². The largest absolute Gasteiger partial charge is 0.432 e. The van der Waals surface area contributed by atoms with Crippen molar-refractivity contribution in [3.05, 3.63) is 59.7 Å². The van der Waals surface area contributed by atoms with E-state index in [1.165, 1.54) is 0 Å². The van der Waals surface area contributed by atoms with E-state index >= 15 is 0 Å². The van der Waals surface area contributed by atoms with E-state index in [1.54, 1.807) is 41.8 Å². The molecule has 1 saturated heterocycles. The number of hydrogen-bond donors (Lipinski definition) is 0. The first-order chi connectivity index (χ1) is 12.3. The van der Waals surface area contributed by atoms with Crippen LogP contribution in [0.15, 0.2) is 58.6 Å². The van der Waals surface area contributed by atoms with E-state index in [2.05, 4.69) is 19.9 Å². The van der Waals surface area contributed by atoms with Gasteiger partial charge < -0.3 is 9.32 Å². The van der Waals surface area contributed by atoms with E-state index in [1.807, 2.05) is 12.1 Å². The Bertz CT molecular complexity index is 868. The van der Waals surface area contributed by atoms with Crippen molar-refractivity contribution in [1.82, 2.24) is 19.5 Å². The molecule has 25 heavy (non-hydrogen) atoms. The quantitative estimate of drug-likeness (QED) is 0.726. The van der Waals surface area contributed by atoms with Crippen LogP contribution in [0.5, 0.6) is 0 Å². The van der Waals surface area contributed by atoms with Crippen LogP contribution in [0.1, 0.15) is 12.8 Å². The molecule has 128 valence electrons. The summed E-state index contributed by atoms with van der Waals surface area (Å²) in [6, 6.07) is 5.98. The number of rotatable bonds is 4. The highest BCUT2D eigenvalue weighted by Gasteiger charge is 2.22. The zero-order valence-electron chi connectivity index (χ0n) is 13.8. The Morgan fingerprint density at radius 2 is 1.92 bits per heavy atom. The van der Waals surface area contributed by atoms with Gasteiger partial charge in [0.05, 0.1) is 18.2 Å². The highest BCUT2D eigenvalue weighted by Crippen LogP contribution is 2.23. The monoisotopic (exact) mass is 337 g/mol. The zero-order chi connectivity index (χ0) is 17.1. The van der Waals surface area contributed by atoms with Crippen LogP contribution in [-0.4, -0.2) is 32.6 Å². The SMILES string of the molecule is O=c1cc(-c2ccncc2)ncn1CC1CCN(c2ncco2)CC1. The second-order valence-corrected chi connectivity index (χ2v) is 6.25. The fourth-order valence-corrected chi connectivity index (χ4v) is 3.20. The Morgan fingerprint density at radius 1 is 1.12 bits per heavy atom. The van der Waals surface area contributed by atoms with Gasteiger partial charge in [-0.25, -0.2) is 9.97 Å². The number of nitrogens with zero attached hydrogens (tertiary/aromatic N) is 5. The van der Waals surface area contributed by atoms with Crippen molar-refractivity contribution in [1.29, 1.82) is 0 Å². The van der Waals surface area contributed by atoms with Gasteiger partial charge in [0.1, 0.15) is 6.26 Å². The lowest BCUT2D eigenvalue weighted by Gasteiger charge is -2.31. The summed E-state index contributed by atoms with van der Waals surface area (Å²) in [5.41, 5.74) is 1.57. The number of pyridine rings is 1. The summed E-state index contributed by atoms with van der Waals surface area (Å²) in [7, 11) is 0. The molecule has 0 atom stereocenters. The van der Waals surface area contributed by atoms with Gasteiger partial charge in [0, 0.05) is 43.7 Å². The molecule has 1 fully saturated rings. The molecule has 0 saturated carbocycles. The standard InChI is InChI=1S/C18H19N5O2/c24-17-11-16(15-1-5-19-6-2-15)21-13-23(17)12-14-3-8-22(9-4-14)18-20-7-10-25-18/h1-2,5-7,10-11,13-14H,3-4,8-9,12H2. The first-order valence-corrected chi connectivity index (χ1v) is 8.41. The summed E-state index contributed by atoms with van der Waals surface area (Å²) in [6.07, 6.45) is 10.3. The predicted octanol–water partition coefficient (Wildman–Crippen LogP) is 2.21. The molecular weight excluding hydrogens is 318 g/mol. The van der Waals surface area contributed by atoms with E-state index in [9.17, 15) is 4.79 Å². The van der Waals surface area contributed by atoms with Gasteiger partial charge >= 0.3 is 0 Å². The minimum absolute atomic E-state index is 0.0167. The smallest absolute Gasteiger partial charge is 0.297 e. The number of anilines is 1. The van der Waals surface area contributed by atoms with Crippen molar-refractivity contribution in [2.45, 2.75) is 19.4 Å². The lowest BCUT2D eigenvalue weighted by atomic mass is 9.97. The highest BCUT2D eigenvalue weighted by atomic mass is 16.4. The van der Waals surface area contributed by atoms with E-state index in [0.29, 0.717) is 24.2 Å². The Balaban J connectivity index is 1.41. The van der Waals surface area contributed by atoms with Gasteiger partial charge in [-0.15, -0.1) is 0 Å². The lowest BCUT2D eigenvalue weighted by molar-refractivity contribution is 0.341. The Kier molecular flexibility index (Phi) is 4.28. The summed E-state index contributed by atoms with van der Waals surface area (Å²) in [6.45, 7) is 2.48. The zero-order valence-corrected chi connectivity index (χ0v) is 13.8. The number of piperidine rings is 1. The van der Waals surface area contributed by atoms with Crippen molar-refractivity contribution < 1.29 is 4.42 Å². The van der Waals surface area contributed by atoms with Crippen LogP contribution in [0, 0.1) is 5.92 Å². The number of hydrogen-bond acceptors (Lipinski definition) is 6. The van der Waals surface area contributed by atoms with E-state index in [-0.39, 0.29) is 5.56 Å². The second-order valence-electron chi connectivity index (χ2n) is 6.25. The molecule has 4 rings (SSSR count). The Morgan fingerprint density at radius 3 is 2.60 bits per heavy atom. The van der Waals surface area contributed by atoms with Gasteiger partial charge in [0.2, 0.25) is 0 Å². The van der Waals surface area contributed by atoms with Crippen LogP contribution in [0.25, 0.3) is 11.3 Å². The van der Waals surface area contributed by atoms with Crippen LogP contribution >= 0.6 is 0 Å². The molecule has 0 aliphatic carbocycles. The molecule has 0 aromatic carbocycles. The second kappa shape index (κ2) is 6.88. The van der Waals surface area contributed by atoms with Crippen molar-refractivity contribution in [3.8, 4) is 11.3 Å². The molecule has 7 heteroatoms. The molecular formula is C18H19N5O2. The van der Waals surface area contributed by atoms with Gasteiger partial charge in [-0.3, -0.25) is 14.3 Å². The van der Waals surface area contributed by atoms with Gasteiger partial charge in [-0.2, -0.15) is 0 Å². The first kappa shape index (κ1) is 15.6. The van der Waals surface area contributed by atoms with Crippen LogP contribution in [-0.2, 0) is 6.54 Å². The van der Waals surface area contributed by atoms with Crippen LogP contribution in [0.4, 0.5) is 6.01 Å². The topological polar surface area (TPSA) is 77.1 Å². The molecule has 0 bridgehead atoms. The Labute approximate surface area is 145 Å². The molecule has 7 nitrogen and oxygen atoms in total. The molecule has 1 aliphatic rings. The average molecular weight is 337 g/mol. The lowest BCUT2D eigenvalue weighted by Crippen LogP contribution is -2.36. The van der Waals surface area contributed by atoms with Crippen molar-refractivity contribution in [3.63, 3.8) is 0 Å². The van der Waals surface area contributed by atoms with Crippen LogP contribution in [0.2, 0.25) is 0 Å². The number of oxazole rings is 1. The molecule has 0 amide bonds. The van der Waals surface area contributed by atoms with Crippen LogP contribution < -0.4 is 10.5 Å². The molecule has 3 aromatic rings. The first-order valence-electron chi connectivity index (χ1n) is 8.41. The third kappa shape index (κ3) is 3.45. The van der Waals surface area contributed by atoms with Crippen molar-refractivity contribution in [2.24, 2.45) is 5.92 Å². The van der Waals surface area contributed by atoms with E-state index in [0.717, 1.165) is 31.5 Å². The average Bonchev–Trinajstić information content (AvgIpc) is 3.19. The molecule has 4 heterocycles. The minimum Gasteiger partial charge on any atom is -0.432 e. The maximum atomic E-state index is 12.4. The molecule has 1 aliphatic heterocycles. The summed E-state index contributed by atoms with van der Waals surface area (Å²) in [4.78, 5) is 27.2. The third-order valence-electron chi connectivity index (χ3n) is 4.61. The van der Waals surface area contributed by atoms with Gasteiger partial charge in [0.25, 0.3) is 11.6 Å². The van der Waals surface area contributed by atoms with E-state index < -0.39 is 0 Å². The normalized spacial score (nSPS) is 15.4. The summed E-state index contributed by atoms with van der Waals surface area (Å²) < 4.78 is 7.05. The fraction of sp³-hybridized carbons (Fsp3) is 0.333. The van der Waals surface area contributed by atoms with Gasteiger partial charge in [-0.05, 0) is 30.9 Å². The maximum absolute atomic E-state index is 12.4. The molecule has 0 radical (unpaired) electrons. The Hall–Kier alpha value is -2.96. The van der Waals surface area contributed by atoms with Crippen LogP contribution in [0.3, 0.4) is 0 Å². The third-order valence-corrected chi connectivity index (χ3v) is 4.61. The maximum Gasteiger partial charge on any atom is 0.297 e. The highest BCUT2D eigenvalue weighted by molar-refractivity contribution is 5.57. The minimum atomic E-state index is -0.0167. The fourth-order valence-electron chi connectivity index (χ4n) is 3.20. The molecule has 3 aromatic heterocycles. The molecule has 0 N–H and O–H groups in total. The summed E-state index contributed by atoms with van der Waals surface area (Å²) in [5.74, 6) is 0.456. The van der Waals surface area contributed by atoms with Crippen molar-refractivity contribution >= 4 is 6.01 Å². The van der Waals surface area contributed by atoms with E-state index in [4.69, 9.17) is 4.42 Å². The van der Waals surface area contributed by atoms with Gasteiger partial charge in [0.15, 0.2) is 0 Å². The predicted molar refractivity (Wildman–Crippen MR) is 93.2 cm³/mol. The summed E-state index contributed by atoms with van der Waals surface area (Å²) >= 11 is 0. The molecule has 0 unspecified atom stereocenters. The summed E-state index contributed by atoms with van der Waals surface area (Å²) in [5, 5.41) is 0.